The molecule has 0 unspecified atom stereocenters. The van der Waals surface area contributed by atoms with Gasteiger partial charge < -0.3 is 4.90 Å². The molecule has 2 aromatic rings. The molecule has 0 aliphatic carbocycles. The maximum atomic E-state index is 12.7. The average Bonchev–Trinajstić information content (AvgIpc) is 3.00. The fourth-order valence-corrected chi connectivity index (χ4v) is 4.33. The van der Waals surface area contributed by atoms with Crippen LogP contribution in [-0.4, -0.2) is 39.1 Å². The van der Waals surface area contributed by atoms with Gasteiger partial charge in [0.05, 0.1) is 22.0 Å². The number of benzene rings is 2. The molecule has 1 amide bonds. The van der Waals surface area contributed by atoms with Crippen molar-refractivity contribution in [1.29, 1.82) is 0 Å². The van der Waals surface area contributed by atoms with Crippen molar-refractivity contribution >= 4 is 44.8 Å². The first-order valence-corrected chi connectivity index (χ1v) is 10.6. The zero-order valence-electron chi connectivity index (χ0n) is 14.4. The molecule has 1 heterocycles. The van der Waals surface area contributed by atoms with Crippen molar-refractivity contribution in [3.05, 3.63) is 63.1 Å². The minimum absolute atomic E-state index is 0.142. The van der Waals surface area contributed by atoms with Gasteiger partial charge in [-0.15, -0.1) is 0 Å². The predicted octanol–water partition coefficient (Wildman–Crippen LogP) is 3.59. The monoisotopic (exact) mass is 412 g/mol. The smallest absolute Gasteiger partial charge is 0.253 e. The Morgan fingerprint density at radius 1 is 1.15 bits per heavy atom. The molecule has 5 nitrogen and oxygen atoms in total. The molecule has 0 N–H and O–H groups in total. The van der Waals surface area contributed by atoms with Crippen LogP contribution in [0.25, 0.3) is 0 Å². The standard InChI is InChI=1S/C18H18Cl2N2O3S/c1-21(11-12-3-5-15(19)16(20)9-12)18(23)14-4-6-17-13(10-14)7-8-22(17)26(2,24)25/h3-6,9-10H,7-8,11H2,1-2H3. The summed E-state index contributed by atoms with van der Waals surface area (Å²) in [5.74, 6) is -0.142. The summed E-state index contributed by atoms with van der Waals surface area (Å²) < 4.78 is 25.0. The highest BCUT2D eigenvalue weighted by molar-refractivity contribution is 7.92. The summed E-state index contributed by atoms with van der Waals surface area (Å²) in [6.45, 7) is 0.799. The molecule has 0 atom stereocenters. The van der Waals surface area contributed by atoms with Crippen LogP contribution >= 0.6 is 23.2 Å². The van der Waals surface area contributed by atoms with Gasteiger partial charge >= 0.3 is 0 Å². The topological polar surface area (TPSA) is 57.7 Å². The number of fused-ring (bicyclic) bond motifs is 1. The Morgan fingerprint density at radius 2 is 1.88 bits per heavy atom. The lowest BCUT2D eigenvalue weighted by Crippen LogP contribution is -2.28. The SMILES string of the molecule is CN(Cc1ccc(Cl)c(Cl)c1)C(=O)c1ccc2c(c1)CCN2S(C)(=O)=O. The van der Waals surface area contributed by atoms with E-state index in [1.165, 1.54) is 10.6 Å². The molecule has 2 aromatic carbocycles. The van der Waals surface area contributed by atoms with E-state index in [0.717, 1.165) is 11.1 Å². The van der Waals surface area contributed by atoms with Gasteiger partial charge in [-0.25, -0.2) is 8.42 Å². The number of amides is 1. The number of carbonyl (C=O) groups excluding carboxylic acids is 1. The summed E-state index contributed by atoms with van der Waals surface area (Å²) >= 11 is 11.9. The first-order chi connectivity index (χ1) is 12.2. The highest BCUT2D eigenvalue weighted by Crippen LogP contribution is 2.31. The zero-order valence-corrected chi connectivity index (χ0v) is 16.7. The minimum atomic E-state index is -3.30. The number of halogens is 2. The number of nitrogens with zero attached hydrogens (tertiary/aromatic N) is 2. The summed E-state index contributed by atoms with van der Waals surface area (Å²) in [5.41, 5.74) is 2.92. The normalized spacial score (nSPS) is 13.6. The van der Waals surface area contributed by atoms with Crippen molar-refractivity contribution in [1.82, 2.24) is 4.90 Å². The Bertz CT molecular complexity index is 976. The number of carbonyl (C=O) groups is 1. The third-order valence-corrected chi connectivity index (χ3v) is 6.25. The van der Waals surface area contributed by atoms with Gasteiger partial charge in [-0.1, -0.05) is 29.3 Å². The quantitative estimate of drug-likeness (QED) is 0.770. The molecule has 1 aliphatic rings. The predicted molar refractivity (Wildman–Crippen MR) is 105 cm³/mol. The second-order valence-corrected chi connectivity index (χ2v) is 9.06. The molecule has 0 saturated carbocycles. The van der Waals surface area contributed by atoms with Crippen molar-refractivity contribution in [2.75, 3.05) is 24.2 Å². The molecule has 3 rings (SSSR count). The van der Waals surface area contributed by atoms with Gasteiger partial charge in [0.1, 0.15) is 0 Å². The van der Waals surface area contributed by atoms with Crippen molar-refractivity contribution < 1.29 is 13.2 Å². The Labute approximate surface area is 163 Å². The summed E-state index contributed by atoms with van der Waals surface area (Å²) in [7, 11) is -1.59. The molecule has 0 spiro atoms. The van der Waals surface area contributed by atoms with Crippen LogP contribution < -0.4 is 4.31 Å². The molecular weight excluding hydrogens is 395 g/mol. The van der Waals surface area contributed by atoms with Gasteiger partial charge in [0.25, 0.3) is 5.91 Å². The summed E-state index contributed by atoms with van der Waals surface area (Å²) in [4.78, 5) is 14.3. The van der Waals surface area contributed by atoms with E-state index < -0.39 is 10.0 Å². The zero-order chi connectivity index (χ0) is 19.1. The van der Waals surface area contributed by atoms with Crippen molar-refractivity contribution in [3.8, 4) is 0 Å². The van der Waals surface area contributed by atoms with Crippen LogP contribution in [0.3, 0.4) is 0 Å². The molecule has 0 bridgehead atoms. The number of sulfonamides is 1. The lowest BCUT2D eigenvalue weighted by molar-refractivity contribution is 0.0785. The Morgan fingerprint density at radius 3 is 2.54 bits per heavy atom. The molecule has 26 heavy (non-hydrogen) atoms. The van der Waals surface area contributed by atoms with Crippen molar-refractivity contribution in [2.45, 2.75) is 13.0 Å². The van der Waals surface area contributed by atoms with Crippen molar-refractivity contribution in [2.24, 2.45) is 0 Å². The van der Waals surface area contributed by atoms with E-state index >= 15 is 0 Å². The van der Waals surface area contributed by atoms with Gasteiger partial charge in [-0.05, 0) is 47.9 Å². The van der Waals surface area contributed by atoms with E-state index in [-0.39, 0.29) is 5.91 Å². The van der Waals surface area contributed by atoms with Crippen molar-refractivity contribution in [3.63, 3.8) is 0 Å². The highest BCUT2D eigenvalue weighted by Gasteiger charge is 2.27. The maximum absolute atomic E-state index is 12.7. The van der Waals surface area contributed by atoms with E-state index in [2.05, 4.69) is 0 Å². The average molecular weight is 413 g/mol. The van der Waals surface area contributed by atoms with E-state index in [9.17, 15) is 13.2 Å². The highest BCUT2D eigenvalue weighted by atomic mass is 35.5. The summed E-state index contributed by atoms with van der Waals surface area (Å²) in [6, 6.07) is 10.4. The number of anilines is 1. The maximum Gasteiger partial charge on any atom is 0.253 e. The van der Waals surface area contributed by atoms with Gasteiger partial charge in [0, 0.05) is 25.7 Å². The van der Waals surface area contributed by atoms with E-state index in [0.29, 0.717) is 40.8 Å². The van der Waals surface area contributed by atoms with Gasteiger partial charge in [-0.3, -0.25) is 9.10 Å². The molecule has 1 aliphatic heterocycles. The van der Waals surface area contributed by atoms with E-state index in [1.807, 2.05) is 6.07 Å². The molecule has 0 fully saturated rings. The number of hydrogen-bond acceptors (Lipinski definition) is 3. The Balaban J connectivity index is 1.79. The minimum Gasteiger partial charge on any atom is -0.337 e. The Kier molecular flexibility index (Phi) is 5.19. The van der Waals surface area contributed by atoms with Crippen LogP contribution in [0.4, 0.5) is 5.69 Å². The van der Waals surface area contributed by atoms with Crippen LogP contribution in [-0.2, 0) is 23.0 Å². The van der Waals surface area contributed by atoms with Crippen LogP contribution in [0.15, 0.2) is 36.4 Å². The van der Waals surface area contributed by atoms with Gasteiger partial charge in [0.15, 0.2) is 0 Å². The Hall–Kier alpha value is -1.76. The number of hydrogen-bond donors (Lipinski definition) is 0. The fraction of sp³-hybridized carbons (Fsp3) is 0.278. The van der Waals surface area contributed by atoms with Crippen LogP contribution in [0.5, 0.6) is 0 Å². The van der Waals surface area contributed by atoms with Gasteiger partial charge in [0.2, 0.25) is 10.0 Å². The fourth-order valence-electron chi connectivity index (χ4n) is 3.05. The molecule has 8 heteroatoms. The second kappa shape index (κ2) is 7.10. The summed E-state index contributed by atoms with van der Waals surface area (Å²) in [5, 5.41) is 0.918. The van der Waals surface area contributed by atoms with Crippen LogP contribution in [0.1, 0.15) is 21.5 Å². The van der Waals surface area contributed by atoms with E-state index in [1.54, 1.807) is 42.3 Å². The molecule has 0 aromatic heterocycles. The van der Waals surface area contributed by atoms with Gasteiger partial charge in [-0.2, -0.15) is 0 Å². The lowest BCUT2D eigenvalue weighted by Gasteiger charge is -2.19. The van der Waals surface area contributed by atoms with Crippen LogP contribution in [0.2, 0.25) is 10.0 Å². The molecular formula is C18H18Cl2N2O3S. The third kappa shape index (κ3) is 3.82. The first-order valence-electron chi connectivity index (χ1n) is 7.97. The lowest BCUT2D eigenvalue weighted by atomic mass is 10.1. The van der Waals surface area contributed by atoms with E-state index in [4.69, 9.17) is 23.2 Å². The second-order valence-electron chi connectivity index (χ2n) is 6.34. The molecule has 0 saturated heterocycles. The first kappa shape index (κ1) is 19.0. The third-order valence-electron chi connectivity index (χ3n) is 4.33. The number of rotatable bonds is 4. The van der Waals surface area contributed by atoms with Crippen LogP contribution in [0, 0.1) is 0 Å². The molecule has 0 radical (unpaired) electrons. The summed E-state index contributed by atoms with van der Waals surface area (Å²) in [6.07, 6.45) is 1.78. The largest absolute Gasteiger partial charge is 0.337 e. The molecule has 138 valence electrons.